The van der Waals surface area contributed by atoms with Gasteiger partial charge in [-0.2, -0.15) is 0 Å². The molecule has 4 rings (SSSR count). The van der Waals surface area contributed by atoms with Crippen LogP contribution in [0, 0.1) is 0 Å². The van der Waals surface area contributed by atoms with Gasteiger partial charge in [0.25, 0.3) is 5.91 Å². The highest BCUT2D eigenvalue weighted by molar-refractivity contribution is 6.31. The molecule has 0 fully saturated rings. The molecule has 0 saturated heterocycles. The van der Waals surface area contributed by atoms with Crippen LogP contribution in [0.4, 0.5) is 0 Å². The van der Waals surface area contributed by atoms with Crippen LogP contribution in [0.25, 0.3) is 0 Å². The molecule has 0 spiro atoms. The summed E-state index contributed by atoms with van der Waals surface area (Å²) in [6, 6.07) is 31.5. The number of nitrogens with zero attached hydrogens (tertiary/aromatic N) is 2. The maximum absolute atomic E-state index is 13.3. The van der Waals surface area contributed by atoms with E-state index in [4.69, 9.17) is 11.6 Å². The summed E-state index contributed by atoms with van der Waals surface area (Å²) in [4.78, 5) is 15.2. The first kappa shape index (κ1) is 20.0. The van der Waals surface area contributed by atoms with Crippen LogP contribution in [0.1, 0.15) is 27.2 Å². The topological polar surface area (TPSA) is 25.2 Å². The van der Waals surface area contributed by atoms with Crippen molar-refractivity contribution in [1.29, 1.82) is 0 Å². The van der Waals surface area contributed by atoms with Gasteiger partial charge in [-0.25, -0.2) is 0 Å². The smallest absolute Gasteiger partial charge is 0.254 e. The van der Waals surface area contributed by atoms with Crippen LogP contribution in [-0.4, -0.2) is 15.4 Å². The summed E-state index contributed by atoms with van der Waals surface area (Å²) in [6.45, 7) is 1.73. The van der Waals surface area contributed by atoms with Gasteiger partial charge in [-0.05, 0) is 41.5 Å². The highest BCUT2D eigenvalue weighted by atomic mass is 35.5. The van der Waals surface area contributed by atoms with Gasteiger partial charge in [-0.15, -0.1) is 0 Å². The van der Waals surface area contributed by atoms with Crippen molar-refractivity contribution >= 4 is 17.5 Å². The van der Waals surface area contributed by atoms with Crippen molar-refractivity contribution in [3.05, 3.63) is 131 Å². The predicted octanol–water partition coefficient (Wildman–Crippen LogP) is 6.03. The van der Waals surface area contributed by atoms with Gasteiger partial charge in [0.1, 0.15) is 0 Å². The third-order valence-corrected chi connectivity index (χ3v) is 5.47. The van der Waals surface area contributed by atoms with Gasteiger partial charge in [-0.1, -0.05) is 78.3 Å². The van der Waals surface area contributed by atoms with Crippen LogP contribution in [0.2, 0.25) is 5.02 Å². The van der Waals surface area contributed by atoms with E-state index in [1.807, 2.05) is 102 Å². The Kier molecular flexibility index (Phi) is 6.31. The lowest BCUT2D eigenvalue weighted by Crippen LogP contribution is -2.31. The summed E-state index contributed by atoms with van der Waals surface area (Å²) in [7, 11) is 0. The molecule has 150 valence electrons. The fourth-order valence-electron chi connectivity index (χ4n) is 3.52. The van der Waals surface area contributed by atoms with Crippen molar-refractivity contribution in [2.75, 3.05) is 0 Å². The summed E-state index contributed by atoms with van der Waals surface area (Å²) in [5.74, 6) is 0.0185. The molecule has 0 radical (unpaired) electrons. The molecule has 1 amide bonds. The van der Waals surface area contributed by atoms with E-state index in [-0.39, 0.29) is 5.91 Å². The number of rotatable bonds is 7. The molecule has 0 atom stereocenters. The van der Waals surface area contributed by atoms with E-state index >= 15 is 0 Å². The van der Waals surface area contributed by atoms with Crippen molar-refractivity contribution in [2.45, 2.75) is 19.6 Å². The molecular weight excluding hydrogens is 392 g/mol. The van der Waals surface area contributed by atoms with Crippen molar-refractivity contribution in [1.82, 2.24) is 9.47 Å². The minimum Gasteiger partial charge on any atom is -0.345 e. The third-order valence-electron chi connectivity index (χ3n) is 5.10. The van der Waals surface area contributed by atoms with Crippen molar-refractivity contribution in [3.63, 3.8) is 0 Å². The second-order valence-electron chi connectivity index (χ2n) is 7.23. The largest absolute Gasteiger partial charge is 0.345 e. The van der Waals surface area contributed by atoms with Crippen LogP contribution in [0.3, 0.4) is 0 Å². The van der Waals surface area contributed by atoms with Crippen LogP contribution >= 0.6 is 11.6 Å². The fraction of sp³-hybridized carbons (Fsp3) is 0.115. The molecule has 0 aliphatic carbocycles. The Bertz CT molecular complexity index is 1110. The van der Waals surface area contributed by atoms with E-state index in [1.54, 1.807) is 0 Å². The lowest BCUT2D eigenvalue weighted by molar-refractivity contribution is 0.0726. The zero-order valence-electron chi connectivity index (χ0n) is 16.6. The monoisotopic (exact) mass is 414 g/mol. The van der Waals surface area contributed by atoms with E-state index in [2.05, 4.69) is 10.6 Å². The molecule has 1 aromatic heterocycles. The number of hydrogen-bond acceptors (Lipinski definition) is 1. The van der Waals surface area contributed by atoms with Crippen LogP contribution < -0.4 is 0 Å². The lowest BCUT2D eigenvalue weighted by atomic mass is 10.1. The number of carbonyl (C=O) groups excluding carboxylic acids is 1. The zero-order chi connectivity index (χ0) is 20.8. The zero-order valence-corrected chi connectivity index (χ0v) is 17.4. The van der Waals surface area contributed by atoms with Crippen LogP contribution in [-0.2, 0) is 19.6 Å². The van der Waals surface area contributed by atoms with Crippen molar-refractivity contribution in [2.24, 2.45) is 0 Å². The number of halogens is 1. The summed E-state index contributed by atoms with van der Waals surface area (Å²) in [5, 5.41) is 0.749. The Morgan fingerprint density at radius 2 is 1.43 bits per heavy atom. The maximum Gasteiger partial charge on any atom is 0.254 e. The Morgan fingerprint density at radius 1 is 0.767 bits per heavy atom. The molecular formula is C26H23ClN2O. The van der Waals surface area contributed by atoms with Gasteiger partial charge in [0, 0.05) is 35.6 Å². The number of aromatic nitrogens is 1. The molecule has 0 unspecified atom stereocenters. The number of hydrogen-bond donors (Lipinski definition) is 0. The van der Waals surface area contributed by atoms with Gasteiger partial charge < -0.3 is 9.47 Å². The SMILES string of the molecule is O=C(c1ccccc1)N(Cc1ccccc1)Cc1cccn1Cc1ccccc1Cl. The Labute approximate surface area is 182 Å². The van der Waals surface area contributed by atoms with E-state index in [0.717, 1.165) is 21.8 Å². The minimum atomic E-state index is 0.0185. The molecule has 0 bridgehead atoms. The Hall–Kier alpha value is -3.30. The first-order chi connectivity index (χ1) is 14.7. The molecule has 0 aliphatic heterocycles. The fourth-order valence-corrected chi connectivity index (χ4v) is 3.72. The number of amides is 1. The predicted molar refractivity (Wildman–Crippen MR) is 121 cm³/mol. The molecule has 1 heterocycles. The summed E-state index contributed by atoms with van der Waals surface area (Å²) in [6.07, 6.45) is 2.03. The molecule has 0 saturated carbocycles. The summed E-state index contributed by atoms with van der Waals surface area (Å²) in [5.41, 5.74) is 3.92. The molecule has 4 aromatic rings. The quantitative estimate of drug-likeness (QED) is 0.362. The van der Waals surface area contributed by atoms with Gasteiger partial charge in [0.2, 0.25) is 0 Å². The molecule has 30 heavy (non-hydrogen) atoms. The number of carbonyl (C=O) groups is 1. The first-order valence-corrected chi connectivity index (χ1v) is 10.3. The van der Waals surface area contributed by atoms with E-state index in [1.165, 1.54) is 0 Å². The van der Waals surface area contributed by atoms with Crippen molar-refractivity contribution in [3.8, 4) is 0 Å². The highest BCUT2D eigenvalue weighted by Gasteiger charge is 2.18. The van der Waals surface area contributed by atoms with E-state index in [0.29, 0.717) is 25.2 Å². The van der Waals surface area contributed by atoms with Crippen LogP contribution in [0.5, 0.6) is 0 Å². The Balaban J connectivity index is 1.60. The Morgan fingerprint density at radius 3 is 2.17 bits per heavy atom. The van der Waals surface area contributed by atoms with E-state index in [9.17, 15) is 4.79 Å². The molecule has 0 aliphatic rings. The van der Waals surface area contributed by atoms with Gasteiger partial charge in [0.15, 0.2) is 0 Å². The summed E-state index contributed by atoms with van der Waals surface area (Å²) >= 11 is 6.36. The summed E-state index contributed by atoms with van der Waals surface area (Å²) < 4.78 is 2.15. The standard InChI is InChI=1S/C26H23ClN2O/c27-25-16-8-7-14-23(25)19-28-17-9-15-24(28)20-29(18-21-10-3-1-4-11-21)26(30)22-12-5-2-6-13-22/h1-17H,18-20H2. The normalized spacial score (nSPS) is 10.7. The van der Waals surface area contributed by atoms with Crippen LogP contribution in [0.15, 0.2) is 103 Å². The molecule has 3 aromatic carbocycles. The first-order valence-electron chi connectivity index (χ1n) is 9.96. The van der Waals surface area contributed by atoms with Gasteiger partial charge in [-0.3, -0.25) is 4.79 Å². The maximum atomic E-state index is 13.3. The molecule has 3 nitrogen and oxygen atoms in total. The lowest BCUT2D eigenvalue weighted by Gasteiger charge is -2.24. The average Bonchev–Trinajstić information content (AvgIpc) is 3.22. The van der Waals surface area contributed by atoms with Crippen molar-refractivity contribution < 1.29 is 4.79 Å². The van der Waals surface area contributed by atoms with Gasteiger partial charge >= 0.3 is 0 Å². The minimum absolute atomic E-state index is 0.0185. The van der Waals surface area contributed by atoms with Gasteiger partial charge in [0.05, 0.1) is 6.54 Å². The molecule has 0 N–H and O–H groups in total. The number of benzene rings is 3. The second kappa shape index (κ2) is 9.47. The third kappa shape index (κ3) is 4.81. The highest BCUT2D eigenvalue weighted by Crippen LogP contribution is 2.19. The molecule has 4 heteroatoms. The van der Waals surface area contributed by atoms with E-state index < -0.39 is 0 Å². The second-order valence-corrected chi connectivity index (χ2v) is 7.64. The average molecular weight is 415 g/mol.